The van der Waals surface area contributed by atoms with E-state index in [0.717, 1.165) is 55.6 Å². The van der Waals surface area contributed by atoms with Crippen LogP contribution in [0.25, 0.3) is 0 Å². The molecule has 1 saturated heterocycles. The van der Waals surface area contributed by atoms with Gasteiger partial charge in [-0.25, -0.2) is 18.2 Å². The molecule has 3 aliphatic rings. The summed E-state index contributed by atoms with van der Waals surface area (Å²) in [4.78, 5) is 24.9. The Morgan fingerprint density at radius 1 is 1.14 bits per heavy atom. The van der Waals surface area contributed by atoms with Gasteiger partial charge >= 0.3 is 0 Å². The number of piperidine rings is 1. The Balaban J connectivity index is 1.36. The average molecular weight is 404 g/mol. The predicted octanol–water partition coefficient (Wildman–Crippen LogP) is 3.11. The Kier molecular flexibility index (Phi) is 4.42. The summed E-state index contributed by atoms with van der Waals surface area (Å²) in [6.45, 7) is 2.37. The summed E-state index contributed by atoms with van der Waals surface area (Å²) >= 11 is 0. The molecule has 154 valence electrons. The van der Waals surface area contributed by atoms with E-state index in [1.807, 2.05) is 4.90 Å². The number of H-pyrrole nitrogens is 1. The SMILES string of the molecule is O=C(C1CC1)N1CCc2[nH]cnc2C12CCN(Cc1cc(F)c(F)c(F)c1)CC2. The van der Waals surface area contributed by atoms with E-state index in [9.17, 15) is 18.0 Å². The van der Waals surface area contributed by atoms with E-state index in [1.165, 1.54) is 0 Å². The van der Waals surface area contributed by atoms with Crippen molar-refractivity contribution >= 4 is 5.91 Å². The molecule has 3 heterocycles. The van der Waals surface area contributed by atoms with Gasteiger partial charge in [0.15, 0.2) is 17.5 Å². The minimum Gasteiger partial charge on any atom is -0.348 e. The first kappa shape index (κ1) is 18.7. The molecule has 1 aromatic heterocycles. The standard InChI is InChI=1S/C21H23F3N4O/c22-15-9-13(10-16(23)18(15)24)11-27-7-4-21(5-8-27)19-17(25-12-26-19)3-6-28(21)20(29)14-1-2-14/h9-10,12,14H,1-8,11H2,(H,25,26). The highest BCUT2D eigenvalue weighted by Gasteiger charge is 2.50. The third-order valence-corrected chi connectivity index (χ3v) is 6.59. The number of fused-ring (bicyclic) bond motifs is 2. The number of aromatic nitrogens is 2. The fourth-order valence-corrected chi connectivity index (χ4v) is 4.90. The highest BCUT2D eigenvalue weighted by Crippen LogP contribution is 2.45. The quantitative estimate of drug-likeness (QED) is 0.800. The molecule has 2 aliphatic heterocycles. The van der Waals surface area contributed by atoms with Crippen LogP contribution in [0.5, 0.6) is 0 Å². The number of aromatic amines is 1. The maximum Gasteiger partial charge on any atom is 0.226 e. The molecule has 1 spiro atoms. The van der Waals surface area contributed by atoms with E-state index >= 15 is 0 Å². The number of hydrogen-bond acceptors (Lipinski definition) is 3. The van der Waals surface area contributed by atoms with Gasteiger partial charge in [0, 0.05) is 44.2 Å². The minimum atomic E-state index is -1.44. The van der Waals surface area contributed by atoms with Gasteiger partial charge in [-0.1, -0.05) is 0 Å². The van der Waals surface area contributed by atoms with Crippen molar-refractivity contribution in [2.45, 2.75) is 44.2 Å². The Morgan fingerprint density at radius 2 is 1.83 bits per heavy atom. The summed E-state index contributed by atoms with van der Waals surface area (Å²) in [5.41, 5.74) is 2.06. The van der Waals surface area contributed by atoms with Gasteiger partial charge in [0.2, 0.25) is 5.91 Å². The lowest BCUT2D eigenvalue weighted by Crippen LogP contribution is -2.58. The number of halogens is 3. The maximum atomic E-state index is 13.5. The molecule has 5 nitrogen and oxygen atoms in total. The minimum absolute atomic E-state index is 0.149. The molecule has 5 rings (SSSR count). The van der Waals surface area contributed by atoms with Crippen molar-refractivity contribution in [3.8, 4) is 0 Å². The summed E-state index contributed by atoms with van der Waals surface area (Å²) in [6, 6.07) is 2.11. The van der Waals surface area contributed by atoms with Crippen LogP contribution >= 0.6 is 0 Å². The van der Waals surface area contributed by atoms with Crippen molar-refractivity contribution in [1.29, 1.82) is 0 Å². The Bertz CT molecular complexity index is 924. The third kappa shape index (κ3) is 3.13. The summed E-state index contributed by atoms with van der Waals surface area (Å²) in [6.07, 6.45) is 5.85. The number of nitrogens with one attached hydrogen (secondary N) is 1. The van der Waals surface area contributed by atoms with E-state index in [1.54, 1.807) is 6.33 Å². The van der Waals surface area contributed by atoms with E-state index in [2.05, 4.69) is 14.9 Å². The smallest absolute Gasteiger partial charge is 0.226 e. The first-order chi connectivity index (χ1) is 14.0. The number of imidazole rings is 1. The monoisotopic (exact) mass is 404 g/mol. The van der Waals surface area contributed by atoms with Crippen molar-refractivity contribution < 1.29 is 18.0 Å². The molecule has 1 saturated carbocycles. The Morgan fingerprint density at radius 3 is 2.48 bits per heavy atom. The second-order valence-electron chi connectivity index (χ2n) is 8.43. The van der Waals surface area contributed by atoms with Crippen molar-refractivity contribution in [3.05, 3.63) is 52.9 Å². The van der Waals surface area contributed by atoms with Crippen LogP contribution in [0.1, 0.15) is 42.6 Å². The molecule has 29 heavy (non-hydrogen) atoms. The molecule has 0 unspecified atom stereocenters. The second-order valence-corrected chi connectivity index (χ2v) is 8.43. The predicted molar refractivity (Wildman–Crippen MR) is 99.2 cm³/mol. The molecule has 0 bridgehead atoms. The van der Waals surface area contributed by atoms with Crippen molar-refractivity contribution in [3.63, 3.8) is 0 Å². The number of amides is 1. The lowest BCUT2D eigenvalue weighted by molar-refractivity contribution is -0.143. The fraction of sp³-hybridized carbons (Fsp3) is 0.524. The van der Waals surface area contributed by atoms with E-state index in [4.69, 9.17) is 0 Å². The van der Waals surface area contributed by atoms with Gasteiger partial charge in [0.05, 0.1) is 17.6 Å². The van der Waals surface area contributed by atoms with Crippen LogP contribution in [0.3, 0.4) is 0 Å². The highest BCUT2D eigenvalue weighted by atomic mass is 19.2. The maximum absolute atomic E-state index is 13.5. The Labute approximate surface area is 166 Å². The zero-order valence-corrected chi connectivity index (χ0v) is 16.1. The van der Waals surface area contributed by atoms with Crippen LogP contribution in [0, 0.1) is 23.4 Å². The lowest BCUT2D eigenvalue weighted by Gasteiger charge is -2.50. The number of benzene rings is 1. The van der Waals surface area contributed by atoms with Crippen LogP contribution < -0.4 is 0 Å². The highest BCUT2D eigenvalue weighted by molar-refractivity contribution is 5.82. The van der Waals surface area contributed by atoms with Crippen molar-refractivity contribution in [2.24, 2.45) is 5.92 Å². The largest absolute Gasteiger partial charge is 0.348 e. The van der Waals surface area contributed by atoms with Gasteiger partial charge in [0.1, 0.15) is 0 Å². The zero-order valence-electron chi connectivity index (χ0n) is 16.1. The third-order valence-electron chi connectivity index (χ3n) is 6.59. The van der Waals surface area contributed by atoms with Gasteiger partial charge in [0.25, 0.3) is 0 Å². The lowest BCUT2D eigenvalue weighted by atomic mass is 9.78. The van der Waals surface area contributed by atoms with Gasteiger partial charge in [-0.3, -0.25) is 9.69 Å². The molecule has 1 aromatic carbocycles. The molecule has 1 aliphatic carbocycles. The van der Waals surface area contributed by atoms with Gasteiger partial charge in [-0.05, 0) is 43.4 Å². The number of carbonyl (C=O) groups is 1. The van der Waals surface area contributed by atoms with Crippen LogP contribution in [-0.4, -0.2) is 45.3 Å². The summed E-state index contributed by atoms with van der Waals surface area (Å²) in [7, 11) is 0. The van der Waals surface area contributed by atoms with E-state index in [0.29, 0.717) is 31.7 Å². The first-order valence-corrected chi connectivity index (χ1v) is 10.2. The molecule has 0 radical (unpaired) electrons. The number of nitrogens with zero attached hydrogens (tertiary/aromatic N) is 3. The van der Waals surface area contributed by atoms with Crippen molar-refractivity contribution in [2.75, 3.05) is 19.6 Å². The van der Waals surface area contributed by atoms with Crippen LogP contribution in [-0.2, 0) is 23.3 Å². The molecular weight excluding hydrogens is 381 g/mol. The van der Waals surface area contributed by atoms with E-state index < -0.39 is 23.0 Å². The molecule has 1 amide bonds. The number of likely N-dealkylation sites (tertiary alicyclic amines) is 1. The topological polar surface area (TPSA) is 52.2 Å². The summed E-state index contributed by atoms with van der Waals surface area (Å²) in [5, 5.41) is 0. The number of carbonyl (C=O) groups excluding carboxylic acids is 1. The van der Waals surface area contributed by atoms with Crippen LogP contribution in [0.15, 0.2) is 18.5 Å². The first-order valence-electron chi connectivity index (χ1n) is 10.2. The van der Waals surface area contributed by atoms with Crippen LogP contribution in [0.2, 0.25) is 0 Å². The fourth-order valence-electron chi connectivity index (χ4n) is 4.90. The van der Waals surface area contributed by atoms with E-state index in [-0.39, 0.29) is 11.8 Å². The van der Waals surface area contributed by atoms with Gasteiger partial charge in [-0.15, -0.1) is 0 Å². The van der Waals surface area contributed by atoms with Gasteiger partial charge < -0.3 is 9.88 Å². The molecule has 1 N–H and O–H groups in total. The van der Waals surface area contributed by atoms with Gasteiger partial charge in [-0.2, -0.15) is 0 Å². The van der Waals surface area contributed by atoms with Crippen molar-refractivity contribution in [1.82, 2.24) is 19.8 Å². The molecular formula is C21H23F3N4O. The Hall–Kier alpha value is -2.35. The van der Waals surface area contributed by atoms with Crippen LogP contribution in [0.4, 0.5) is 13.2 Å². The summed E-state index contributed by atoms with van der Waals surface area (Å²) < 4.78 is 40.3. The molecule has 8 heteroatoms. The number of rotatable bonds is 3. The summed E-state index contributed by atoms with van der Waals surface area (Å²) in [5.74, 6) is -3.38. The zero-order chi connectivity index (χ0) is 20.2. The number of hydrogen-bond donors (Lipinski definition) is 1. The molecule has 2 aromatic rings. The second kappa shape index (κ2) is 6.86. The normalized spacial score (nSPS) is 21.4. The average Bonchev–Trinajstić information content (AvgIpc) is 3.45. The molecule has 2 fully saturated rings. The molecule has 0 atom stereocenters.